The third kappa shape index (κ3) is 3.64. The van der Waals surface area contributed by atoms with Crippen LogP contribution in [0.3, 0.4) is 0 Å². The number of aromatic nitrogens is 3. The molecule has 0 bridgehead atoms. The molecule has 1 aromatic carbocycles. The molecule has 1 unspecified atom stereocenters. The Hall–Kier alpha value is -2.47. The maximum absolute atomic E-state index is 12.2. The molecule has 25 heavy (non-hydrogen) atoms. The Labute approximate surface area is 150 Å². The molecule has 5 nitrogen and oxygen atoms in total. The van der Waals surface area contributed by atoms with E-state index in [4.69, 9.17) is 0 Å². The molecule has 0 saturated carbocycles. The van der Waals surface area contributed by atoms with Gasteiger partial charge in [-0.3, -0.25) is 4.79 Å². The molecule has 4 rings (SSSR count). The van der Waals surface area contributed by atoms with Gasteiger partial charge in [0.05, 0.1) is 6.42 Å². The van der Waals surface area contributed by atoms with Crippen LogP contribution in [0.5, 0.6) is 0 Å². The SMILES string of the molecule is O=C(Cc1ccsc1)NC1CCc2nnc(-c3ccccc3)n2CC1. The molecule has 1 aliphatic heterocycles. The number of nitrogens with zero attached hydrogens (tertiary/aromatic N) is 3. The molecule has 3 aromatic rings. The van der Waals surface area contributed by atoms with Crippen molar-refractivity contribution < 1.29 is 4.79 Å². The van der Waals surface area contributed by atoms with Gasteiger partial charge >= 0.3 is 0 Å². The maximum Gasteiger partial charge on any atom is 0.224 e. The summed E-state index contributed by atoms with van der Waals surface area (Å²) < 4.78 is 2.19. The molecular formula is C19H20N4OS. The van der Waals surface area contributed by atoms with E-state index in [9.17, 15) is 4.79 Å². The van der Waals surface area contributed by atoms with Crippen molar-refractivity contribution in [3.63, 3.8) is 0 Å². The fourth-order valence-electron chi connectivity index (χ4n) is 3.29. The Kier molecular flexibility index (Phi) is 4.61. The Morgan fingerprint density at radius 2 is 2.08 bits per heavy atom. The van der Waals surface area contributed by atoms with Crippen molar-refractivity contribution in [2.24, 2.45) is 0 Å². The fraction of sp³-hybridized carbons (Fsp3) is 0.316. The lowest BCUT2D eigenvalue weighted by atomic mass is 10.1. The molecule has 0 saturated heterocycles. The number of fused-ring (bicyclic) bond motifs is 1. The molecule has 2 aromatic heterocycles. The van der Waals surface area contributed by atoms with Gasteiger partial charge in [-0.15, -0.1) is 10.2 Å². The van der Waals surface area contributed by atoms with Crippen molar-refractivity contribution in [1.82, 2.24) is 20.1 Å². The highest BCUT2D eigenvalue weighted by Crippen LogP contribution is 2.22. The number of aryl methyl sites for hydroxylation is 1. The van der Waals surface area contributed by atoms with Gasteiger partial charge in [0.25, 0.3) is 0 Å². The number of carbonyl (C=O) groups is 1. The smallest absolute Gasteiger partial charge is 0.224 e. The number of amides is 1. The molecule has 1 amide bonds. The van der Waals surface area contributed by atoms with Crippen molar-refractivity contribution in [1.29, 1.82) is 0 Å². The third-order valence-corrected chi connectivity index (χ3v) is 5.32. The van der Waals surface area contributed by atoms with Gasteiger partial charge < -0.3 is 9.88 Å². The summed E-state index contributed by atoms with van der Waals surface area (Å²) in [7, 11) is 0. The fourth-order valence-corrected chi connectivity index (χ4v) is 3.96. The van der Waals surface area contributed by atoms with E-state index in [1.54, 1.807) is 11.3 Å². The van der Waals surface area contributed by atoms with E-state index >= 15 is 0 Å². The number of rotatable bonds is 4. The molecule has 0 aliphatic carbocycles. The second kappa shape index (κ2) is 7.19. The van der Waals surface area contributed by atoms with Crippen LogP contribution in [0.25, 0.3) is 11.4 Å². The van der Waals surface area contributed by atoms with Crippen molar-refractivity contribution in [2.45, 2.75) is 38.3 Å². The van der Waals surface area contributed by atoms with Gasteiger partial charge in [-0.2, -0.15) is 11.3 Å². The van der Waals surface area contributed by atoms with Crippen molar-refractivity contribution >= 4 is 17.2 Å². The zero-order valence-corrected chi connectivity index (χ0v) is 14.7. The predicted molar refractivity (Wildman–Crippen MR) is 98.3 cm³/mol. The van der Waals surface area contributed by atoms with E-state index in [0.717, 1.165) is 48.6 Å². The number of hydrogen-bond acceptors (Lipinski definition) is 4. The van der Waals surface area contributed by atoms with E-state index in [-0.39, 0.29) is 11.9 Å². The number of hydrogen-bond donors (Lipinski definition) is 1. The summed E-state index contributed by atoms with van der Waals surface area (Å²) in [6.07, 6.45) is 3.10. The van der Waals surface area contributed by atoms with Gasteiger partial charge in [0.1, 0.15) is 5.82 Å². The summed E-state index contributed by atoms with van der Waals surface area (Å²) >= 11 is 1.62. The molecule has 6 heteroatoms. The van der Waals surface area contributed by atoms with Gasteiger partial charge in [0.2, 0.25) is 5.91 Å². The van der Waals surface area contributed by atoms with Gasteiger partial charge in [0.15, 0.2) is 5.82 Å². The van der Waals surface area contributed by atoms with E-state index in [1.807, 2.05) is 35.0 Å². The Morgan fingerprint density at radius 1 is 1.20 bits per heavy atom. The van der Waals surface area contributed by atoms with E-state index in [0.29, 0.717) is 6.42 Å². The van der Waals surface area contributed by atoms with Crippen molar-refractivity contribution in [2.75, 3.05) is 0 Å². The van der Waals surface area contributed by atoms with Crippen molar-refractivity contribution in [3.8, 4) is 11.4 Å². The van der Waals surface area contributed by atoms with Crippen LogP contribution in [0.15, 0.2) is 47.2 Å². The highest BCUT2D eigenvalue weighted by molar-refractivity contribution is 7.08. The van der Waals surface area contributed by atoms with E-state index < -0.39 is 0 Å². The average Bonchev–Trinajstić information content (AvgIpc) is 3.23. The van der Waals surface area contributed by atoms with Crippen LogP contribution in [0.2, 0.25) is 0 Å². The molecule has 128 valence electrons. The summed E-state index contributed by atoms with van der Waals surface area (Å²) in [4.78, 5) is 12.2. The molecular weight excluding hydrogens is 332 g/mol. The number of nitrogens with one attached hydrogen (secondary N) is 1. The van der Waals surface area contributed by atoms with E-state index in [1.165, 1.54) is 0 Å². The Balaban J connectivity index is 1.42. The molecule has 0 spiro atoms. The first-order valence-corrected chi connectivity index (χ1v) is 9.52. The normalized spacial score (nSPS) is 16.9. The first-order chi connectivity index (χ1) is 12.3. The summed E-state index contributed by atoms with van der Waals surface area (Å²) in [5, 5.41) is 16.0. The van der Waals surface area contributed by atoms with Crippen LogP contribution in [-0.2, 0) is 24.2 Å². The van der Waals surface area contributed by atoms with Gasteiger partial charge in [-0.05, 0) is 35.2 Å². The maximum atomic E-state index is 12.2. The standard InChI is InChI=1S/C19H20N4OS/c24-18(12-14-9-11-25-13-14)20-16-6-7-17-21-22-19(23(17)10-8-16)15-4-2-1-3-5-15/h1-5,9,11,13,16H,6-8,10,12H2,(H,20,24). The number of thiophene rings is 1. The molecule has 1 atom stereocenters. The zero-order valence-electron chi connectivity index (χ0n) is 13.9. The second-order valence-corrected chi connectivity index (χ2v) is 7.14. The lowest BCUT2D eigenvalue weighted by Crippen LogP contribution is -2.36. The van der Waals surface area contributed by atoms with Gasteiger partial charge in [-0.25, -0.2) is 0 Å². The Bertz CT molecular complexity index is 842. The molecule has 0 fully saturated rings. The van der Waals surface area contributed by atoms with Crippen molar-refractivity contribution in [3.05, 3.63) is 58.5 Å². The van der Waals surface area contributed by atoms with Crippen LogP contribution >= 0.6 is 11.3 Å². The van der Waals surface area contributed by atoms with Crippen LogP contribution in [-0.4, -0.2) is 26.7 Å². The quantitative estimate of drug-likeness (QED) is 0.785. The first kappa shape index (κ1) is 16.0. The van der Waals surface area contributed by atoms with Crippen LogP contribution < -0.4 is 5.32 Å². The minimum atomic E-state index is 0.101. The predicted octanol–water partition coefficient (Wildman–Crippen LogP) is 3.07. The van der Waals surface area contributed by atoms with Crippen LogP contribution in [0.4, 0.5) is 0 Å². The first-order valence-electron chi connectivity index (χ1n) is 8.57. The monoisotopic (exact) mass is 352 g/mol. The van der Waals surface area contributed by atoms with E-state index in [2.05, 4.69) is 32.2 Å². The highest BCUT2D eigenvalue weighted by Gasteiger charge is 2.22. The summed E-state index contributed by atoms with van der Waals surface area (Å²) in [6, 6.07) is 12.3. The van der Waals surface area contributed by atoms with Gasteiger partial charge in [-0.1, -0.05) is 30.3 Å². The van der Waals surface area contributed by atoms with Gasteiger partial charge in [0, 0.05) is 24.6 Å². The molecule has 1 aliphatic rings. The number of carbonyl (C=O) groups excluding carboxylic acids is 1. The zero-order chi connectivity index (χ0) is 17.1. The topological polar surface area (TPSA) is 59.8 Å². The third-order valence-electron chi connectivity index (χ3n) is 4.59. The molecule has 1 N–H and O–H groups in total. The summed E-state index contributed by atoms with van der Waals surface area (Å²) in [6.45, 7) is 0.829. The average molecular weight is 352 g/mol. The highest BCUT2D eigenvalue weighted by atomic mass is 32.1. The van der Waals surface area contributed by atoms with Crippen LogP contribution in [0, 0.1) is 0 Å². The molecule has 0 radical (unpaired) electrons. The summed E-state index contributed by atoms with van der Waals surface area (Å²) in [5.74, 6) is 2.03. The minimum absolute atomic E-state index is 0.101. The van der Waals surface area contributed by atoms with Crippen LogP contribution in [0.1, 0.15) is 24.2 Å². The number of benzene rings is 1. The molecule has 3 heterocycles. The largest absolute Gasteiger partial charge is 0.353 e. The lowest BCUT2D eigenvalue weighted by Gasteiger charge is -2.16. The Morgan fingerprint density at radius 3 is 2.88 bits per heavy atom. The minimum Gasteiger partial charge on any atom is -0.353 e. The summed E-state index contributed by atoms with van der Waals surface area (Å²) in [5.41, 5.74) is 2.17. The lowest BCUT2D eigenvalue weighted by molar-refractivity contribution is -0.121. The second-order valence-electron chi connectivity index (χ2n) is 6.36.